The zero-order valence-corrected chi connectivity index (χ0v) is 11.9. The predicted molar refractivity (Wildman–Crippen MR) is 79.4 cm³/mol. The van der Waals surface area contributed by atoms with Crippen LogP contribution in [0.15, 0.2) is 29.3 Å². The second kappa shape index (κ2) is 5.21. The maximum atomic E-state index is 12.1. The van der Waals surface area contributed by atoms with Crippen molar-refractivity contribution >= 4 is 23.2 Å². The third-order valence-corrected chi connectivity index (χ3v) is 3.72. The molecular weight excluding hydrogens is 270 g/mol. The van der Waals surface area contributed by atoms with Crippen LogP contribution in [0.3, 0.4) is 0 Å². The Morgan fingerprint density at radius 1 is 1.38 bits per heavy atom. The van der Waals surface area contributed by atoms with Crippen molar-refractivity contribution in [2.75, 3.05) is 23.7 Å². The average molecular weight is 287 g/mol. The quantitative estimate of drug-likeness (QED) is 0.716. The van der Waals surface area contributed by atoms with Crippen molar-refractivity contribution in [3.05, 3.63) is 29.3 Å². The highest BCUT2D eigenvalue weighted by Gasteiger charge is 2.24. The fraction of sp³-hybridized carbons (Fsp3) is 0.333. The molecular formula is C15H17N3O3. The maximum Gasteiger partial charge on any atom is 0.265 e. The summed E-state index contributed by atoms with van der Waals surface area (Å²) in [5.41, 5.74) is 3.06. The van der Waals surface area contributed by atoms with E-state index in [1.165, 1.54) is 0 Å². The molecule has 3 rings (SSSR count). The van der Waals surface area contributed by atoms with E-state index in [0.29, 0.717) is 17.1 Å². The summed E-state index contributed by atoms with van der Waals surface area (Å²) in [4.78, 5) is 23.7. The highest BCUT2D eigenvalue weighted by Crippen LogP contribution is 2.32. The van der Waals surface area contributed by atoms with Gasteiger partial charge in [0, 0.05) is 24.4 Å². The van der Waals surface area contributed by atoms with Crippen molar-refractivity contribution in [1.82, 2.24) is 5.32 Å². The van der Waals surface area contributed by atoms with Crippen LogP contribution in [0.25, 0.3) is 0 Å². The summed E-state index contributed by atoms with van der Waals surface area (Å²) in [6.07, 6.45) is -0.504. The smallest absolute Gasteiger partial charge is 0.265 e. The summed E-state index contributed by atoms with van der Waals surface area (Å²) in [5.74, 6) is 0.297. The van der Waals surface area contributed by atoms with E-state index in [9.17, 15) is 9.59 Å². The van der Waals surface area contributed by atoms with Gasteiger partial charge in [0.05, 0.1) is 5.69 Å². The molecule has 0 aliphatic carbocycles. The van der Waals surface area contributed by atoms with Gasteiger partial charge in [0.15, 0.2) is 6.10 Å². The minimum absolute atomic E-state index is 0.122. The van der Waals surface area contributed by atoms with Gasteiger partial charge in [-0.05, 0) is 37.6 Å². The van der Waals surface area contributed by atoms with Crippen LogP contribution in [0, 0.1) is 0 Å². The molecule has 110 valence electrons. The highest BCUT2D eigenvalue weighted by atomic mass is 16.5. The number of hydrogen-bond acceptors (Lipinski definition) is 4. The molecule has 0 bridgehead atoms. The van der Waals surface area contributed by atoms with Gasteiger partial charge < -0.3 is 20.7 Å². The summed E-state index contributed by atoms with van der Waals surface area (Å²) in [6.45, 7) is 5.04. The van der Waals surface area contributed by atoms with E-state index in [1.807, 2.05) is 6.92 Å². The summed E-state index contributed by atoms with van der Waals surface area (Å²) >= 11 is 0. The van der Waals surface area contributed by atoms with Gasteiger partial charge in [0.2, 0.25) is 0 Å². The SMILES string of the molecule is CC(C(=O)Nc1ccc2c(c1)NC(=O)C(C)O2)=C1CNC1. The van der Waals surface area contributed by atoms with Crippen LogP contribution >= 0.6 is 0 Å². The van der Waals surface area contributed by atoms with Crippen molar-refractivity contribution in [3.8, 4) is 5.75 Å². The second-order valence-corrected chi connectivity index (χ2v) is 5.25. The fourth-order valence-electron chi connectivity index (χ4n) is 2.19. The number of hydrogen-bond donors (Lipinski definition) is 3. The van der Waals surface area contributed by atoms with Crippen molar-refractivity contribution in [2.45, 2.75) is 20.0 Å². The molecule has 1 saturated heterocycles. The van der Waals surface area contributed by atoms with E-state index in [4.69, 9.17) is 4.74 Å². The van der Waals surface area contributed by atoms with Crippen LogP contribution in [0.5, 0.6) is 5.75 Å². The third-order valence-electron chi connectivity index (χ3n) is 3.72. The Labute approximate surface area is 122 Å². The number of carbonyl (C=O) groups excluding carboxylic acids is 2. The standard InChI is InChI=1S/C15H17N3O3/c1-8(10-6-16-7-10)14(19)17-11-3-4-13-12(5-11)18-15(20)9(2)21-13/h3-5,9,16H,6-7H2,1-2H3,(H,17,19)(H,18,20). The minimum atomic E-state index is -0.504. The van der Waals surface area contributed by atoms with Crippen LogP contribution in [0.2, 0.25) is 0 Å². The highest BCUT2D eigenvalue weighted by molar-refractivity contribution is 6.05. The number of carbonyl (C=O) groups is 2. The van der Waals surface area contributed by atoms with Gasteiger partial charge in [-0.3, -0.25) is 9.59 Å². The molecule has 3 N–H and O–H groups in total. The first-order chi connectivity index (χ1) is 10.0. The molecule has 2 aliphatic heterocycles. The van der Waals surface area contributed by atoms with E-state index < -0.39 is 6.10 Å². The van der Waals surface area contributed by atoms with Crippen molar-refractivity contribution in [2.24, 2.45) is 0 Å². The van der Waals surface area contributed by atoms with Crippen LogP contribution < -0.4 is 20.7 Å². The van der Waals surface area contributed by atoms with Crippen molar-refractivity contribution in [1.29, 1.82) is 0 Å². The molecule has 0 aromatic heterocycles. The van der Waals surface area contributed by atoms with Crippen molar-refractivity contribution < 1.29 is 14.3 Å². The van der Waals surface area contributed by atoms with Gasteiger partial charge in [0.25, 0.3) is 11.8 Å². The number of amides is 2. The minimum Gasteiger partial charge on any atom is -0.479 e. The Morgan fingerprint density at radius 3 is 2.81 bits per heavy atom. The van der Waals surface area contributed by atoms with E-state index in [0.717, 1.165) is 24.2 Å². The molecule has 1 aromatic carbocycles. The molecule has 0 saturated carbocycles. The van der Waals surface area contributed by atoms with Crippen LogP contribution in [-0.2, 0) is 9.59 Å². The lowest BCUT2D eigenvalue weighted by atomic mass is 10.0. The van der Waals surface area contributed by atoms with Crippen LogP contribution in [0.1, 0.15) is 13.8 Å². The normalized spacial score (nSPS) is 19.8. The molecule has 6 heteroatoms. The molecule has 21 heavy (non-hydrogen) atoms. The molecule has 2 aliphatic rings. The molecule has 2 heterocycles. The Kier molecular flexibility index (Phi) is 3.39. The summed E-state index contributed by atoms with van der Waals surface area (Å²) in [5, 5.41) is 8.70. The monoisotopic (exact) mass is 287 g/mol. The van der Waals surface area contributed by atoms with E-state index in [1.54, 1.807) is 25.1 Å². The second-order valence-electron chi connectivity index (χ2n) is 5.25. The van der Waals surface area contributed by atoms with Gasteiger partial charge in [0.1, 0.15) is 5.75 Å². The summed E-state index contributed by atoms with van der Waals surface area (Å²) < 4.78 is 5.47. The summed E-state index contributed by atoms with van der Waals surface area (Å²) in [7, 11) is 0. The lowest BCUT2D eigenvalue weighted by molar-refractivity contribution is -0.122. The first kappa shape index (κ1) is 13.6. The molecule has 2 amide bonds. The Morgan fingerprint density at radius 2 is 2.14 bits per heavy atom. The molecule has 0 radical (unpaired) electrons. The number of benzene rings is 1. The topological polar surface area (TPSA) is 79.5 Å². The molecule has 1 aromatic rings. The summed E-state index contributed by atoms with van der Waals surface area (Å²) in [6, 6.07) is 5.21. The Hall–Kier alpha value is -2.34. The van der Waals surface area contributed by atoms with Crippen LogP contribution in [-0.4, -0.2) is 31.0 Å². The molecule has 1 atom stereocenters. The van der Waals surface area contributed by atoms with E-state index in [2.05, 4.69) is 16.0 Å². The van der Waals surface area contributed by atoms with E-state index in [-0.39, 0.29) is 11.8 Å². The number of ether oxygens (including phenoxy) is 1. The maximum absolute atomic E-state index is 12.1. The lowest BCUT2D eigenvalue weighted by Gasteiger charge is -2.24. The van der Waals surface area contributed by atoms with Crippen molar-refractivity contribution in [3.63, 3.8) is 0 Å². The van der Waals surface area contributed by atoms with Gasteiger partial charge in [-0.2, -0.15) is 0 Å². The Balaban J connectivity index is 1.77. The zero-order chi connectivity index (χ0) is 15.0. The van der Waals surface area contributed by atoms with Gasteiger partial charge in [-0.15, -0.1) is 0 Å². The first-order valence-electron chi connectivity index (χ1n) is 6.87. The molecule has 1 unspecified atom stereocenters. The molecule has 1 fully saturated rings. The van der Waals surface area contributed by atoms with Crippen LogP contribution in [0.4, 0.5) is 11.4 Å². The number of fused-ring (bicyclic) bond motifs is 1. The number of anilines is 2. The zero-order valence-electron chi connectivity index (χ0n) is 11.9. The number of rotatable bonds is 2. The van der Waals surface area contributed by atoms with Gasteiger partial charge in [-0.25, -0.2) is 0 Å². The first-order valence-corrected chi connectivity index (χ1v) is 6.87. The number of nitrogens with one attached hydrogen (secondary N) is 3. The Bertz CT molecular complexity index is 646. The van der Waals surface area contributed by atoms with Gasteiger partial charge in [-0.1, -0.05) is 0 Å². The largest absolute Gasteiger partial charge is 0.479 e. The fourth-order valence-corrected chi connectivity index (χ4v) is 2.19. The molecule has 0 spiro atoms. The lowest BCUT2D eigenvalue weighted by Crippen LogP contribution is -2.36. The van der Waals surface area contributed by atoms with E-state index >= 15 is 0 Å². The predicted octanol–water partition coefficient (Wildman–Crippen LogP) is 1.26. The van der Waals surface area contributed by atoms with Gasteiger partial charge >= 0.3 is 0 Å². The average Bonchev–Trinajstić information content (AvgIpc) is 2.38. The molecule has 6 nitrogen and oxygen atoms in total. The third kappa shape index (κ3) is 2.62.